The molecule has 1 fully saturated rings. The van der Waals surface area contributed by atoms with E-state index in [1.165, 1.54) is 12.8 Å². The molecule has 15 heavy (non-hydrogen) atoms. The lowest BCUT2D eigenvalue weighted by atomic mass is 10.1. The first-order chi connectivity index (χ1) is 6.89. The molecule has 0 bridgehead atoms. The third-order valence-corrected chi connectivity index (χ3v) is 2.36. The fourth-order valence-electron chi connectivity index (χ4n) is 1.22. The van der Waals surface area contributed by atoms with Gasteiger partial charge < -0.3 is 5.32 Å². The molecule has 1 aliphatic carbocycles. The van der Waals surface area contributed by atoms with Crippen LogP contribution in [0.2, 0.25) is 0 Å². The maximum atomic E-state index is 12.6. The number of hydrogen-bond donors (Lipinski definition) is 1. The summed E-state index contributed by atoms with van der Waals surface area (Å²) < 4.78 is 9.81. The van der Waals surface area contributed by atoms with Crippen LogP contribution in [0.4, 0.5) is 4.39 Å². The van der Waals surface area contributed by atoms with Crippen molar-refractivity contribution < 1.29 is 9.18 Å². The summed E-state index contributed by atoms with van der Waals surface area (Å²) in [6.07, 6.45) is 3.26. The molecule has 1 aliphatic rings. The van der Waals surface area contributed by atoms with Crippen LogP contribution < -0.4 is 5.32 Å². The summed E-state index contributed by atoms with van der Waals surface area (Å²) in [5.74, 6) is -0.293. The van der Waals surface area contributed by atoms with E-state index in [1.54, 1.807) is 0 Å². The molecule has 1 unspecified atom stereocenters. The molecule has 1 rings (SSSR count). The quantitative estimate of drug-likeness (QED) is 0.769. The molecule has 0 radical (unpaired) electrons. The minimum absolute atomic E-state index is 0.0624. The van der Waals surface area contributed by atoms with Crippen LogP contribution >= 0.6 is 23.2 Å². The summed E-state index contributed by atoms with van der Waals surface area (Å²) in [5.41, 5.74) is 0. The van der Waals surface area contributed by atoms with E-state index in [2.05, 4.69) is 5.32 Å². The largest absolute Gasteiger partial charge is 0.349 e. The molecule has 0 aromatic carbocycles. The van der Waals surface area contributed by atoms with Gasteiger partial charge in [-0.05, 0) is 19.3 Å². The highest BCUT2D eigenvalue weighted by Crippen LogP contribution is 2.33. The minimum atomic E-state index is -2.81. The molecule has 1 atom stereocenters. The zero-order chi connectivity index (χ0) is 12.1. The molecule has 1 saturated carbocycles. The number of amides is 1. The van der Waals surface area contributed by atoms with Crippen LogP contribution in [0.25, 0.3) is 0 Å². The van der Waals surface area contributed by atoms with Crippen molar-refractivity contribution in [3.05, 3.63) is 0 Å². The van der Waals surface area contributed by atoms with Gasteiger partial charge in [0.15, 0.2) is 0 Å². The average molecular weight is 258 g/mol. The molecule has 0 spiro atoms. The standard InChI is InChI=1S/C8H12Cl2FNO.C2H6/c1-5(4-6-2-3-6)12-7(13)8(9,10)11;1-2/h5-6H,2-4H2,1H3,(H,12,13);1-2H3. The van der Waals surface area contributed by atoms with Crippen molar-refractivity contribution in [3.63, 3.8) is 0 Å². The van der Waals surface area contributed by atoms with E-state index in [0.29, 0.717) is 5.92 Å². The maximum absolute atomic E-state index is 12.6. The Bertz CT molecular complexity index is 202. The van der Waals surface area contributed by atoms with E-state index in [9.17, 15) is 9.18 Å². The monoisotopic (exact) mass is 257 g/mol. The molecular weight excluding hydrogens is 240 g/mol. The summed E-state index contributed by atoms with van der Waals surface area (Å²) in [5, 5.41) is 2.41. The van der Waals surface area contributed by atoms with Gasteiger partial charge in [0.25, 0.3) is 5.91 Å². The van der Waals surface area contributed by atoms with Gasteiger partial charge in [-0.1, -0.05) is 49.9 Å². The highest BCUT2D eigenvalue weighted by atomic mass is 35.5. The zero-order valence-electron chi connectivity index (χ0n) is 9.32. The summed E-state index contributed by atoms with van der Waals surface area (Å²) in [7, 11) is 0. The molecule has 1 N–H and O–H groups in total. The van der Waals surface area contributed by atoms with E-state index < -0.39 is 10.5 Å². The first-order valence-corrected chi connectivity index (χ1v) is 6.03. The number of nitrogens with one attached hydrogen (secondary N) is 1. The van der Waals surface area contributed by atoms with E-state index in [0.717, 1.165) is 6.42 Å². The lowest BCUT2D eigenvalue weighted by Crippen LogP contribution is -2.40. The van der Waals surface area contributed by atoms with E-state index in [4.69, 9.17) is 23.2 Å². The summed E-state index contributed by atoms with van der Waals surface area (Å²) in [6.45, 7) is 5.82. The van der Waals surface area contributed by atoms with Crippen LogP contribution in [0.3, 0.4) is 0 Å². The SMILES string of the molecule is CC.CC(CC1CC1)NC(=O)C(F)(Cl)Cl. The van der Waals surface area contributed by atoms with Crippen LogP contribution in [-0.4, -0.2) is 16.5 Å². The van der Waals surface area contributed by atoms with Gasteiger partial charge in [-0.2, -0.15) is 4.39 Å². The second-order valence-corrected chi connectivity index (χ2v) is 4.79. The van der Waals surface area contributed by atoms with Crippen molar-refractivity contribution in [1.29, 1.82) is 0 Å². The van der Waals surface area contributed by atoms with Gasteiger partial charge in [-0.15, -0.1) is 0 Å². The number of rotatable bonds is 4. The fourth-order valence-corrected chi connectivity index (χ4v) is 1.33. The Morgan fingerprint density at radius 2 is 2.00 bits per heavy atom. The fraction of sp³-hybridized carbons (Fsp3) is 0.900. The highest BCUT2D eigenvalue weighted by Gasteiger charge is 2.34. The number of hydrogen-bond acceptors (Lipinski definition) is 1. The molecule has 5 heteroatoms. The molecule has 2 nitrogen and oxygen atoms in total. The maximum Gasteiger partial charge on any atom is 0.335 e. The Kier molecular flexibility index (Phi) is 6.53. The van der Waals surface area contributed by atoms with Crippen molar-refractivity contribution >= 4 is 29.1 Å². The van der Waals surface area contributed by atoms with Crippen LogP contribution in [0.5, 0.6) is 0 Å². The number of carbonyl (C=O) groups excluding carboxylic acids is 1. The lowest BCUT2D eigenvalue weighted by molar-refractivity contribution is -0.125. The molecule has 1 amide bonds. The van der Waals surface area contributed by atoms with Gasteiger partial charge >= 0.3 is 4.59 Å². The first kappa shape index (κ1) is 15.0. The van der Waals surface area contributed by atoms with Gasteiger partial charge in [0, 0.05) is 6.04 Å². The molecule has 90 valence electrons. The molecule has 0 aromatic heterocycles. The molecule has 0 saturated heterocycles. The third-order valence-electron chi connectivity index (χ3n) is 2.02. The first-order valence-electron chi connectivity index (χ1n) is 5.27. The average Bonchev–Trinajstić information content (AvgIpc) is 2.90. The van der Waals surface area contributed by atoms with Crippen molar-refractivity contribution in [2.45, 2.75) is 50.7 Å². The number of halogens is 3. The van der Waals surface area contributed by atoms with E-state index >= 15 is 0 Å². The molecule has 0 aromatic rings. The highest BCUT2D eigenvalue weighted by molar-refractivity contribution is 6.56. The summed E-state index contributed by atoms with van der Waals surface area (Å²) >= 11 is 9.93. The van der Waals surface area contributed by atoms with Crippen LogP contribution in [0.1, 0.15) is 40.0 Å². The Morgan fingerprint density at radius 3 is 2.33 bits per heavy atom. The molecule has 0 heterocycles. The topological polar surface area (TPSA) is 29.1 Å². The number of alkyl halides is 3. The normalized spacial score (nSPS) is 17.5. The Balaban J connectivity index is 0.000000921. The van der Waals surface area contributed by atoms with E-state index in [-0.39, 0.29) is 6.04 Å². The predicted molar refractivity (Wildman–Crippen MR) is 61.8 cm³/mol. The second-order valence-electron chi connectivity index (χ2n) is 3.55. The molecular formula is C10H18Cl2FNO. The third kappa shape index (κ3) is 6.96. The smallest absolute Gasteiger partial charge is 0.335 e. The number of carbonyl (C=O) groups is 1. The van der Waals surface area contributed by atoms with Crippen molar-refractivity contribution in [1.82, 2.24) is 5.32 Å². The van der Waals surface area contributed by atoms with Crippen molar-refractivity contribution in [3.8, 4) is 0 Å². The minimum Gasteiger partial charge on any atom is -0.349 e. The second kappa shape index (κ2) is 6.54. The van der Waals surface area contributed by atoms with Crippen LogP contribution in [0.15, 0.2) is 0 Å². The van der Waals surface area contributed by atoms with Gasteiger partial charge in [-0.25, -0.2) is 0 Å². The Morgan fingerprint density at radius 1 is 1.53 bits per heavy atom. The van der Waals surface area contributed by atoms with Gasteiger partial charge in [0.1, 0.15) is 0 Å². The van der Waals surface area contributed by atoms with Gasteiger partial charge in [0.2, 0.25) is 0 Å². The molecule has 0 aliphatic heterocycles. The van der Waals surface area contributed by atoms with Gasteiger partial charge in [0.05, 0.1) is 0 Å². The summed E-state index contributed by atoms with van der Waals surface area (Å²) in [6, 6.07) is -0.0624. The lowest BCUT2D eigenvalue weighted by Gasteiger charge is -2.16. The predicted octanol–water partition coefficient (Wildman–Crippen LogP) is 3.42. The Labute approximate surface area is 101 Å². The van der Waals surface area contributed by atoms with Crippen LogP contribution in [-0.2, 0) is 4.79 Å². The summed E-state index contributed by atoms with van der Waals surface area (Å²) in [4.78, 5) is 10.9. The Hall–Kier alpha value is -0.0200. The van der Waals surface area contributed by atoms with Crippen molar-refractivity contribution in [2.24, 2.45) is 5.92 Å². The van der Waals surface area contributed by atoms with Gasteiger partial charge in [-0.3, -0.25) is 4.79 Å². The van der Waals surface area contributed by atoms with Crippen molar-refractivity contribution in [2.75, 3.05) is 0 Å². The zero-order valence-corrected chi connectivity index (χ0v) is 10.8. The van der Waals surface area contributed by atoms with E-state index in [1.807, 2.05) is 20.8 Å². The van der Waals surface area contributed by atoms with Crippen LogP contribution in [0, 0.1) is 5.92 Å².